The highest BCUT2D eigenvalue weighted by Crippen LogP contribution is 2.32. The van der Waals surface area contributed by atoms with E-state index >= 15 is 0 Å². The van der Waals surface area contributed by atoms with E-state index in [0.29, 0.717) is 12.8 Å². The number of amides is 1. The van der Waals surface area contributed by atoms with Crippen LogP contribution in [-0.2, 0) is 4.79 Å². The van der Waals surface area contributed by atoms with Crippen molar-refractivity contribution in [3.05, 3.63) is 41.7 Å². The Morgan fingerprint density at radius 3 is 2.75 bits per heavy atom. The van der Waals surface area contributed by atoms with Crippen molar-refractivity contribution in [1.29, 1.82) is 0 Å². The van der Waals surface area contributed by atoms with Gasteiger partial charge in [0.25, 0.3) is 5.91 Å². The maximum Gasteiger partial charge on any atom is 0.305 e. The van der Waals surface area contributed by atoms with Gasteiger partial charge in [0.1, 0.15) is 0 Å². The van der Waals surface area contributed by atoms with Gasteiger partial charge in [-0.15, -0.1) is 5.10 Å². The van der Waals surface area contributed by atoms with Crippen molar-refractivity contribution in [2.75, 3.05) is 0 Å². The first-order valence-corrected chi connectivity index (χ1v) is 8.01. The molecule has 1 aromatic heterocycles. The third-order valence-electron chi connectivity index (χ3n) is 4.42. The van der Waals surface area contributed by atoms with Gasteiger partial charge in [-0.3, -0.25) is 9.59 Å². The molecule has 1 fully saturated rings. The first-order valence-electron chi connectivity index (χ1n) is 8.01. The van der Waals surface area contributed by atoms with Crippen molar-refractivity contribution in [1.82, 2.24) is 20.3 Å². The molecule has 2 N–H and O–H groups in total. The lowest BCUT2D eigenvalue weighted by Gasteiger charge is -2.28. The Hall–Kier alpha value is -2.70. The number of carbonyl (C=O) groups is 2. The summed E-state index contributed by atoms with van der Waals surface area (Å²) in [7, 11) is 0. The molecule has 1 saturated carbocycles. The van der Waals surface area contributed by atoms with Crippen LogP contribution in [0, 0.1) is 6.92 Å². The average Bonchev–Trinajstić information content (AvgIpc) is 3.16. The number of benzene rings is 1. The van der Waals surface area contributed by atoms with Crippen molar-refractivity contribution >= 4 is 11.9 Å². The Kier molecular flexibility index (Phi) is 4.33. The summed E-state index contributed by atoms with van der Waals surface area (Å²) >= 11 is 0. The quantitative estimate of drug-likeness (QED) is 0.876. The zero-order chi connectivity index (χ0) is 17.2. The Morgan fingerprint density at radius 2 is 2.08 bits per heavy atom. The summed E-state index contributed by atoms with van der Waals surface area (Å²) in [6.07, 6.45) is 4.69. The lowest BCUT2D eigenvalue weighted by molar-refractivity contribution is -0.138. The van der Waals surface area contributed by atoms with Crippen LogP contribution in [0.3, 0.4) is 0 Å². The van der Waals surface area contributed by atoms with Gasteiger partial charge in [-0.1, -0.05) is 30.2 Å². The second-order valence-electron chi connectivity index (χ2n) is 6.40. The zero-order valence-corrected chi connectivity index (χ0v) is 13.5. The van der Waals surface area contributed by atoms with Gasteiger partial charge in [0, 0.05) is 0 Å². The number of aryl methyl sites for hydroxylation is 1. The van der Waals surface area contributed by atoms with Crippen LogP contribution < -0.4 is 5.32 Å². The van der Waals surface area contributed by atoms with Crippen molar-refractivity contribution in [2.24, 2.45) is 0 Å². The number of carbonyl (C=O) groups excluding carboxylic acids is 1. The highest BCUT2D eigenvalue weighted by Gasteiger charge is 2.38. The second kappa shape index (κ2) is 6.43. The number of carboxylic acid groups (broad SMARTS) is 1. The lowest BCUT2D eigenvalue weighted by atomic mass is 9.93. The monoisotopic (exact) mass is 328 g/mol. The molecule has 0 spiro atoms. The van der Waals surface area contributed by atoms with Gasteiger partial charge in [-0.25, -0.2) is 4.68 Å². The summed E-state index contributed by atoms with van der Waals surface area (Å²) in [6, 6.07) is 7.71. The number of hydrogen-bond acceptors (Lipinski definition) is 4. The van der Waals surface area contributed by atoms with Crippen LogP contribution in [0.15, 0.2) is 30.5 Å². The van der Waals surface area contributed by atoms with Crippen LogP contribution in [0.5, 0.6) is 0 Å². The van der Waals surface area contributed by atoms with E-state index in [1.165, 1.54) is 0 Å². The summed E-state index contributed by atoms with van der Waals surface area (Å²) in [4.78, 5) is 23.6. The molecule has 0 atom stereocenters. The Labute approximate surface area is 139 Å². The maximum atomic E-state index is 12.5. The SMILES string of the molecule is Cc1cccc(-n2cc(C(=O)NC3(CC(=O)O)CCCC3)nn2)c1. The van der Waals surface area contributed by atoms with Gasteiger partial charge >= 0.3 is 5.97 Å². The van der Waals surface area contributed by atoms with Crippen LogP contribution in [0.2, 0.25) is 0 Å². The van der Waals surface area contributed by atoms with E-state index in [2.05, 4.69) is 15.6 Å². The molecule has 1 amide bonds. The van der Waals surface area contributed by atoms with E-state index < -0.39 is 11.5 Å². The minimum absolute atomic E-state index is 0.0647. The minimum Gasteiger partial charge on any atom is -0.481 e. The Bertz CT molecular complexity index is 763. The number of nitrogens with one attached hydrogen (secondary N) is 1. The number of aromatic nitrogens is 3. The topological polar surface area (TPSA) is 97.1 Å². The molecule has 0 unspecified atom stereocenters. The molecule has 1 aromatic carbocycles. The maximum absolute atomic E-state index is 12.5. The van der Waals surface area contributed by atoms with E-state index in [9.17, 15) is 9.59 Å². The molecule has 0 radical (unpaired) electrons. The van der Waals surface area contributed by atoms with Crippen molar-refractivity contribution in [2.45, 2.75) is 44.6 Å². The predicted octanol–water partition coefficient (Wildman–Crippen LogP) is 2.09. The summed E-state index contributed by atoms with van der Waals surface area (Å²) in [5.74, 6) is -1.28. The summed E-state index contributed by atoms with van der Waals surface area (Å²) in [5, 5.41) is 19.9. The fourth-order valence-corrected chi connectivity index (χ4v) is 3.26. The third kappa shape index (κ3) is 3.45. The minimum atomic E-state index is -0.902. The highest BCUT2D eigenvalue weighted by molar-refractivity contribution is 5.92. The standard InChI is InChI=1S/C17H20N4O3/c1-12-5-4-6-13(9-12)21-11-14(19-20-21)16(24)18-17(10-15(22)23)7-2-3-8-17/h4-6,9,11H,2-3,7-8,10H2,1H3,(H,18,24)(H,22,23). The molecule has 2 aromatic rings. The summed E-state index contributed by atoms with van der Waals surface area (Å²) in [6.45, 7) is 1.98. The Morgan fingerprint density at radius 1 is 1.33 bits per heavy atom. The molecule has 0 bridgehead atoms. The van der Waals surface area contributed by atoms with Crippen LogP contribution >= 0.6 is 0 Å². The first kappa shape index (κ1) is 16.2. The Balaban J connectivity index is 1.77. The molecule has 126 valence electrons. The number of carboxylic acids is 1. The number of hydrogen-bond donors (Lipinski definition) is 2. The second-order valence-corrected chi connectivity index (χ2v) is 6.40. The molecule has 1 aliphatic carbocycles. The summed E-state index contributed by atoms with van der Waals surface area (Å²) < 4.78 is 1.54. The van der Waals surface area contributed by atoms with Crippen molar-refractivity contribution in [3.63, 3.8) is 0 Å². The summed E-state index contributed by atoms with van der Waals surface area (Å²) in [5.41, 5.74) is 1.42. The normalized spacial score (nSPS) is 16.0. The van der Waals surface area contributed by atoms with Crippen molar-refractivity contribution < 1.29 is 14.7 Å². The number of rotatable bonds is 5. The molecular formula is C17H20N4O3. The zero-order valence-electron chi connectivity index (χ0n) is 13.5. The molecule has 1 heterocycles. The molecule has 0 aliphatic heterocycles. The van der Waals surface area contributed by atoms with Gasteiger partial charge in [-0.05, 0) is 37.5 Å². The van der Waals surface area contributed by atoms with Crippen molar-refractivity contribution in [3.8, 4) is 5.69 Å². The van der Waals surface area contributed by atoms with E-state index in [4.69, 9.17) is 5.11 Å². The predicted molar refractivity (Wildman–Crippen MR) is 87.0 cm³/mol. The highest BCUT2D eigenvalue weighted by atomic mass is 16.4. The molecule has 3 rings (SSSR count). The molecular weight excluding hydrogens is 308 g/mol. The van der Waals surface area contributed by atoms with Crippen LogP contribution in [0.25, 0.3) is 5.69 Å². The van der Waals surface area contributed by atoms with Gasteiger partial charge in [0.05, 0.1) is 23.8 Å². The fourth-order valence-electron chi connectivity index (χ4n) is 3.26. The molecule has 0 saturated heterocycles. The smallest absolute Gasteiger partial charge is 0.305 e. The molecule has 24 heavy (non-hydrogen) atoms. The van der Waals surface area contributed by atoms with E-state index in [1.807, 2.05) is 31.2 Å². The van der Waals surface area contributed by atoms with Crippen LogP contribution in [0.1, 0.15) is 48.2 Å². The van der Waals surface area contributed by atoms with Crippen LogP contribution in [-0.4, -0.2) is 37.5 Å². The van der Waals surface area contributed by atoms with Gasteiger partial charge in [0.15, 0.2) is 5.69 Å². The largest absolute Gasteiger partial charge is 0.481 e. The lowest BCUT2D eigenvalue weighted by Crippen LogP contribution is -2.47. The number of nitrogens with zero attached hydrogens (tertiary/aromatic N) is 3. The van der Waals surface area contributed by atoms with Gasteiger partial charge in [0.2, 0.25) is 0 Å². The average molecular weight is 328 g/mol. The van der Waals surface area contributed by atoms with E-state index in [0.717, 1.165) is 24.1 Å². The van der Waals surface area contributed by atoms with Gasteiger partial charge in [-0.2, -0.15) is 0 Å². The third-order valence-corrected chi connectivity index (χ3v) is 4.42. The molecule has 7 heteroatoms. The van der Waals surface area contributed by atoms with Gasteiger partial charge < -0.3 is 10.4 Å². The van der Waals surface area contributed by atoms with Crippen LogP contribution in [0.4, 0.5) is 0 Å². The molecule has 7 nitrogen and oxygen atoms in total. The van der Waals surface area contributed by atoms with E-state index in [-0.39, 0.29) is 18.0 Å². The first-order chi connectivity index (χ1) is 11.5. The fraction of sp³-hybridized carbons (Fsp3) is 0.412. The number of aliphatic carboxylic acids is 1. The molecule has 1 aliphatic rings. The van der Waals surface area contributed by atoms with E-state index in [1.54, 1.807) is 10.9 Å².